The lowest BCUT2D eigenvalue weighted by Crippen LogP contribution is -2.35. The Morgan fingerprint density at radius 1 is 1.06 bits per heavy atom. The van der Waals surface area contributed by atoms with Crippen molar-refractivity contribution >= 4 is 17.5 Å². The van der Waals surface area contributed by atoms with Crippen molar-refractivity contribution < 1.29 is 14.0 Å². The van der Waals surface area contributed by atoms with Gasteiger partial charge in [0.1, 0.15) is 11.5 Å². The highest BCUT2D eigenvalue weighted by Crippen LogP contribution is 2.31. The molecule has 0 radical (unpaired) electrons. The molecular weight excluding hydrogens is 388 g/mol. The summed E-state index contributed by atoms with van der Waals surface area (Å²) in [4.78, 5) is 26.7. The van der Waals surface area contributed by atoms with E-state index in [-0.39, 0.29) is 11.8 Å². The van der Waals surface area contributed by atoms with E-state index in [1.165, 1.54) is 0 Å². The standard InChI is InChI=1S/C26H28N2O3/c1-17(2)14-25(29)27-22-10-8-19(9-11-22)24-15-21-16-28(13-12-23(21)31-24)26(30)20-6-4-18(3)5-7-20/h4-11,15,17H,12-14,16H2,1-3H3,(H,27,29). The number of nitrogens with zero attached hydrogens (tertiary/aromatic N) is 1. The van der Waals surface area contributed by atoms with Gasteiger partial charge in [0.2, 0.25) is 5.91 Å². The van der Waals surface area contributed by atoms with Gasteiger partial charge in [0.15, 0.2) is 0 Å². The van der Waals surface area contributed by atoms with Crippen LogP contribution >= 0.6 is 0 Å². The summed E-state index contributed by atoms with van der Waals surface area (Å²) in [5.74, 6) is 2.13. The van der Waals surface area contributed by atoms with Gasteiger partial charge in [-0.25, -0.2) is 0 Å². The van der Waals surface area contributed by atoms with E-state index >= 15 is 0 Å². The second-order valence-corrected chi connectivity index (χ2v) is 8.63. The molecule has 2 aromatic carbocycles. The second kappa shape index (κ2) is 8.80. The fourth-order valence-corrected chi connectivity index (χ4v) is 3.83. The molecule has 0 bridgehead atoms. The lowest BCUT2D eigenvalue weighted by atomic mass is 10.1. The van der Waals surface area contributed by atoms with Gasteiger partial charge in [0.05, 0.1) is 0 Å². The van der Waals surface area contributed by atoms with E-state index in [4.69, 9.17) is 4.42 Å². The van der Waals surface area contributed by atoms with Crippen LogP contribution in [0.15, 0.2) is 59.0 Å². The smallest absolute Gasteiger partial charge is 0.254 e. The van der Waals surface area contributed by atoms with Gasteiger partial charge in [-0.15, -0.1) is 0 Å². The summed E-state index contributed by atoms with van der Waals surface area (Å²) in [6.07, 6.45) is 1.21. The Morgan fingerprint density at radius 3 is 2.45 bits per heavy atom. The summed E-state index contributed by atoms with van der Waals surface area (Å²) >= 11 is 0. The Labute approximate surface area is 183 Å². The number of benzene rings is 2. The molecule has 1 N–H and O–H groups in total. The van der Waals surface area contributed by atoms with Crippen molar-refractivity contribution in [1.82, 2.24) is 4.90 Å². The number of carbonyl (C=O) groups excluding carboxylic acids is 2. The summed E-state index contributed by atoms with van der Waals surface area (Å²) in [5, 5.41) is 2.92. The Balaban J connectivity index is 1.45. The van der Waals surface area contributed by atoms with Crippen LogP contribution in [-0.2, 0) is 17.8 Å². The number of fused-ring (bicyclic) bond motifs is 1. The largest absolute Gasteiger partial charge is 0.461 e. The number of anilines is 1. The van der Waals surface area contributed by atoms with E-state index in [9.17, 15) is 9.59 Å². The first kappa shape index (κ1) is 20.9. The van der Waals surface area contributed by atoms with E-state index in [2.05, 4.69) is 5.32 Å². The summed E-state index contributed by atoms with van der Waals surface area (Å²) in [6.45, 7) is 7.26. The number of hydrogen-bond donors (Lipinski definition) is 1. The van der Waals surface area contributed by atoms with E-state index in [0.29, 0.717) is 37.4 Å². The van der Waals surface area contributed by atoms with Crippen molar-refractivity contribution in [2.24, 2.45) is 5.92 Å². The Bertz CT molecular complexity index is 1080. The number of hydrogen-bond acceptors (Lipinski definition) is 3. The molecule has 0 saturated heterocycles. The van der Waals surface area contributed by atoms with E-state index in [1.807, 2.05) is 80.3 Å². The van der Waals surface area contributed by atoms with Crippen molar-refractivity contribution in [2.45, 2.75) is 40.2 Å². The highest BCUT2D eigenvalue weighted by Gasteiger charge is 2.25. The lowest BCUT2D eigenvalue weighted by Gasteiger charge is -2.26. The molecule has 5 nitrogen and oxygen atoms in total. The molecule has 3 aromatic rings. The van der Waals surface area contributed by atoms with Crippen molar-refractivity contribution in [1.29, 1.82) is 0 Å². The Kier molecular flexibility index (Phi) is 5.94. The molecule has 0 atom stereocenters. The summed E-state index contributed by atoms with van der Waals surface area (Å²) in [6, 6.07) is 17.4. The van der Waals surface area contributed by atoms with Gasteiger partial charge in [0.25, 0.3) is 5.91 Å². The maximum atomic E-state index is 12.9. The predicted molar refractivity (Wildman–Crippen MR) is 122 cm³/mol. The molecule has 1 aromatic heterocycles. The molecule has 0 spiro atoms. The minimum absolute atomic E-state index is 0.0227. The van der Waals surface area contributed by atoms with Gasteiger partial charge in [-0.05, 0) is 55.3 Å². The molecule has 31 heavy (non-hydrogen) atoms. The molecule has 2 amide bonds. The van der Waals surface area contributed by atoms with Gasteiger partial charge in [0, 0.05) is 48.3 Å². The van der Waals surface area contributed by atoms with Crippen LogP contribution in [0.5, 0.6) is 0 Å². The fraction of sp³-hybridized carbons (Fsp3) is 0.308. The molecule has 1 aliphatic rings. The zero-order chi connectivity index (χ0) is 22.0. The summed E-state index contributed by atoms with van der Waals surface area (Å²) in [5.41, 5.74) is 4.64. The van der Waals surface area contributed by atoms with Crippen molar-refractivity contribution in [3.8, 4) is 11.3 Å². The molecule has 0 saturated carbocycles. The summed E-state index contributed by atoms with van der Waals surface area (Å²) in [7, 11) is 0. The maximum absolute atomic E-state index is 12.9. The van der Waals surface area contributed by atoms with E-state index in [1.54, 1.807) is 0 Å². The number of nitrogens with one attached hydrogen (secondary N) is 1. The molecule has 1 aliphatic heterocycles. The molecular formula is C26H28N2O3. The number of furan rings is 1. The molecule has 4 rings (SSSR count). The van der Waals surface area contributed by atoms with Crippen molar-refractivity contribution in [3.63, 3.8) is 0 Å². The average Bonchev–Trinajstić information content (AvgIpc) is 3.17. The quantitative estimate of drug-likeness (QED) is 0.603. The highest BCUT2D eigenvalue weighted by molar-refractivity contribution is 5.94. The minimum Gasteiger partial charge on any atom is -0.461 e. The van der Waals surface area contributed by atoms with Crippen LogP contribution in [0.1, 0.15) is 47.5 Å². The zero-order valence-corrected chi connectivity index (χ0v) is 18.3. The van der Waals surface area contributed by atoms with Crippen molar-refractivity contribution in [2.75, 3.05) is 11.9 Å². The average molecular weight is 417 g/mol. The van der Waals surface area contributed by atoms with Crippen LogP contribution in [-0.4, -0.2) is 23.3 Å². The molecule has 0 aliphatic carbocycles. The van der Waals surface area contributed by atoms with Gasteiger partial charge < -0.3 is 14.6 Å². The molecule has 0 fully saturated rings. The van der Waals surface area contributed by atoms with Crippen LogP contribution in [0.3, 0.4) is 0 Å². The minimum atomic E-state index is 0.0227. The van der Waals surface area contributed by atoms with Gasteiger partial charge in [-0.1, -0.05) is 31.5 Å². The third-order valence-corrected chi connectivity index (χ3v) is 5.50. The first-order valence-corrected chi connectivity index (χ1v) is 10.8. The normalized spacial score (nSPS) is 13.2. The van der Waals surface area contributed by atoms with Gasteiger partial charge in [-0.2, -0.15) is 0 Å². The number of rotatable bonds is 5. The van der Waals surface area contributed by atoms with Crippen LogP contribution in [0.2, 0.25) is 0 Å². The SMILES string of the molecule is Cc1ccc(C(=O)N2CCc3oc(-c4ccc(NC(=O)CC(C)C)cc4)cc3C2)cc1. The molecule has 2 heterocycles. The third-order valence-electron chi connectivity index (χ3n) is 5.50. The van der Waals surface area contributed by atoms with Crippen LogP contribution in [0.4, 0.5) is 5.69 Å². The summed E-state index contributed by atoms with van der Waals surface area (Å²) < 4.78 is 6.09. The van der Waals surface area contributed by atoms with Gasteiger partial charge >= 0.3 is 0 Å². The van der Waals surface area contributed by atoms with Crippen molar-refractivity contribution in [3.05, 3.63) is 77.0 Å². The highest BCUT2D eigenvalue weighted by atomic mass is 16.3. The Morgan fingerprint density at radius 2 is 1.77 bits per heavy atom. The number of aryl methyl sites for hydroxylation is 1. The van der Waals surface area contributed by atoms with E-state index < -0.39 is 0 Å². The predicted octanol–water partition coefficient (Wildman–Crippen LogP) is 5.44. The van der Waals surface area contributed by atoms with Crippen LogP contribution in [0, 0.1) is 12.8 Å². The molecule has 0 unspecified atom stereocenters. The molecule has 5 heteroatoms. The first-order chi connectivity index (χ1) is 14.9. The topological polar surface area (TPSA) is 62.6 Å². The number of amides is 2. The monoisotopic (exact) mass is 416 g/mol. The lowest BCUT2D eigenvalue weighted by molar-refractivity contribution is -0.116. The third kappa shape index (κ3) is 4.88. The Hall–Kier alpha value is -3.34. The van der Waals surface area contributed by atoms with Crippen LogP contribution in [0.25, 0.3) is 11.3 Å². The number of carbonyl (C=O) groups is 2. The van der Waals surface area contributed by atoms with Gasteiger partial charge in [-0.3, -0.25) is 9.59 Å². The first-order valence-electron chi connectivity index (χ1n) is 10.8. The second-order valence-electron chi connectivity index (χ2n) is 8.63. The molecule has 160 valence electrons. The van der Waals surface area contributed by atoms with Crippen LogP contribution < -0.4 is 5.32 Å². The maximum Gasteiger partial charge on any atom is 0.254 e. The fourth-order valence-electron chi connectivity index (χ4n) is 3.83. The zero-order valence-electron chi connectivity index (χ0n) is 18.3. The van der Waals surface area contributed by atoms with E-state index in [0.717, 1.165) is 33.9 Å².